The molecule has 47 heavy (non-hydrogen) atoms. The van der Waals surface area contributed by atoms with E-state index in [1.54, 1.807) is 42.5 Å². The van der Waals surface area contributed by atoms with Crippen LogP contribution in [0.2, 0.25) is 10.0 Å². The number of anilines is 1. The van der Waals surface area contributed by atoms with Crippen molar-refractivity contribution in [2.75, 3.05) is 18.0 Å². The Morgan fingerprint density at radius 1 is 0.915 bits per heavy atom. The number of halogens is 3. The molecule has 0 aromatic heterocycles. The van der Waals surface area contributed by atoms with Crippen molar-refractivity contribution in [2.24, 2.45) is 0 Å². The summed E-state index contributed by atoms with van der Waals surface area (Å²) < 4.78 is 35.4. The molecule has 0 aliphatic carbocycles. The standard InChI is InChI=1S/C35H36BrCl2N3O5S/c1-23(2)39-35(43)32(19-25-9-6-5-7-10-25)40(21-28-30(37)11-8-12-31(28)38)34(42)22-41(26-15-13-24(3)14-16-26)47(44,45)27-17-18-33(46-4)29(36)20-27/h5-18,20,23,32H,19,21-22H2,1-4H3,(H,39,43)/t32-/m1/s1. The summed E-state index contributed by atoms with van der Waals surface area (Å²) >= 11 is 16.5. The number of methoxy groups -OCH3 is 1. The number of aryl methyl sites for hydroxylation is 1. The molecule has 4 aromatic rings. The lowest BCUT2D eigenvalue weighted by atomic mass is 10.0. The Hall–Kier alpha value is -3.57. The summed E-state index contributed by atoms with van der Waals surface area (Å²) in [5.41, 5.74) is 2.43. The zero-order valence-electron chi connectivity index (χ0n) is 26.4. The maximum absolute atomic E-state index is 14.6. The van der Waals surface area contributed by atoms with Crippen molar-refractivity contribution in [3.05, 3.63) is 122 Å². The molecular formula is C35H36BrCl2N3O5S. The van der Waals surface area contributed by atoms with Crippen molar-refractivity contribution >= 4 is 66.7 Å². The first-order valence-corrected chi connectivity index (χ1v) is 17.8. The number of carbonyl (C=O) groups is 2. The van der Waals surface area contributed by atoms with E-state index < -0.39 is 34.4 Å². The second kappa shape index (κ2) is 16.0. The van der Waals surface area contributed by atoms with Gasteiger partial charge in [-0.15, -0.1) is 0 Å². The minimum atomic E-state index is -4.31. The number of rotatable bonds is 13. The minimum absolute atomic E-state index is 0.0577. The van der Waals surface area contributed by atoms with Gasteiger partial charge in [-0.2, -0.15) is 0 Å². The highest BCUT2D eigenvalue weighted by Crippen LogP contribution is 2.32. The van der Waals surface area contributed by atoms with Gasteiger partial charge in [0, 0.05) is 34.6 Å². The van der Waals surface area contributed by atoms with Crippen LogP contribution in [0.25, 0.3) is 0 Å². The number of amides is 2. The third-order valence-corrected chi connectivity index (χ3v) is 10.5. The van der Waals surface area contributed by atoms with E-state index in [4.69, 9.17) is 27.9 Å². The molecule has 0 unspecified atom stereocenters. The van der Waals surface area contributed by atoms with Crippen LogP contribution in [0.1, 0.15) is 30.5 Å². The van der Waals surface area contributed by atoms with Gasteiger partial charge in [0.1, 0.15) is 18.3 Å². The molecule has 1 N–H and O–H groups in total. The number of hydrogen-bond donors (Lipinski definition) is 1. The van der Waals surface area contributed by atoms with Gasteiger partial charge in [-0.3, -0.25) is 13.9 Å². The van der Waals surface area contributed by atoms with Crippen LogP contribution in [0.5, 0.6) is 5.75 Å². The summed E-state index contributed by atoms with van der Waals surface area (Å²) in [6.45, 7) is 4.78. The molecule has 0 fully saturated rings. The third kappa shape index (κ3) is 9.07. The zero-order valence-corrected chi connectivity index (χ0v) is 30.3. The number of sulfonamides is 1. The van der Waals surface area contributed by atoms with Gasteiger partial charge in [-0.25, -0.2) is 8.42 Å². The largest absolute Gasteiger partial charge is 0.496 e. The molecule has 0 aliphatic rings. The second-order valence-corrected chi connectivity index (χ2v) is 14.8. The number of nitrogens with zero attached hydrogens (tertiary/aromatic N) is 2. The van der Waals surface area contributed by atoms with Gasteiger partial charge in [0.2, 0.25) is 11.8 Å². The van der Waals surface area contributed by atoms with Crippen molar-refractivity contribution < 1.29 is 22.7 Å². The van der Waals surface area contributed by atoms with Gasteiger partial charge in [-0.05, 0) is 84.7 Å². The van der Waals surface area contributed by atoms with Gasteiger partial charge in [0.15, 0.2) is 0 Å². The lowest BCUT2D eigenvalue weighted by molar-refractivity contribution is -0.140. The molecule has 0 radical (unpaired) electrons. The number of nitrogens with one attached hydrogen (secondary N) is 1. The molecule has 0 spiro atoms. The highest BCUT2D eigenvalue weighted by molar-refractivity contribution is 9.10. The highest BCUT2D eigenvalue weighted by atomic mass is 79.9. The summed E-state index contributed by atoms with van der Waals surface area (Å²) in [7, 11) is -2.83. The smallest absolute Gasteiger partial charge is 0.264 e. The topological polar surface area (TPSA) is 96.0 Å². The van der Waals surface area contributed by atoms with Gasteiger partial charge in [0.05, 0.1) is 22.2 Å². The minimum Gasteiger partial charge on any atom is -0.496 e. The summed E-state index contributed by atoms with van der Waals surface area (Å²) in [6.07, 6.45) is 0.163. The Bertz CT molecular complexity index is 1800. The van der Waals surface area contributed by atoms with Crippen LogP contribution in [0.3, 0.4) is 0 Å². The summed E-state index contributed by atoms with van der Waals surface area (Å²) in [4.78, 5) is 29.8. The van der Waals surface area contributed by atoms with E-state index in [1.807, 2.05) is 51.1 Å². The Kier molecular flexibility index (Phi) is 12.4. The van der Waals surface area contributed by atoms with E-state index in [1.165, 1.54) is 30.2 Å². The lowest BCUT2D eigenvalue weighted by Gasteiger charge is -2.34. The maximum Gasteiger partial charge on any atom is 0.264 e. The number of hydrogen-bond acceptors (Lipinski definition) is 5. The Balaban J connectivity index is 1.85. The number of benzene rings is 4. The molecule has 0 aliphatic heterocycles. The SMILES string of the molecule is COc1ccc(S(=O)(=O)N(CC(=O)N(Cc2c(Cl)cccc2Cl)[C@H](Cc2ccccc2)C(=O)NC(C)C)c2ccc(C)cc2)cc1Br. The average molecular weight is 762 g/mol. The molecule has 4 rings (SSSR count). The van der Waals surface area contributed by atoms with Gasteiger partial charge >= 0.3 is 0 Å². The highest BCUT2D eigenvalue weighted by Gasteiger charge is 2.35. The van der Waals surface area contributed by atoms with Crippen LogP contribution >= 0.6 is 39.1 Å². The van der Waals surface area contributed by atoms with Crippen LogP contribution in [-0.2, 0) is 32.6 Å². The Morgan fingerprint density at radius 2 is 1.55 bits per heavy atom. The first-order chi connectivity index (χ1) is 22.3. The van der Waals surface area contributed by atoms with E-state index in [-0.39, 0.29) is 29.6 Å². The van der Waals surface area contributed by atoms with Crippen LogP contribution < -0.4 is 14.4 Å². The Morgan fingerprint density at radius 3 is 2.13 bits per heavy atom. The van der Waals surface area contributed by atoms with Crippen molar-refractivity contribution in [2.45, 2.75) is 50.7 Å². The monoisotopic (exact) mass is 759 g/mol. The number of ether oxygens (including phenoxy) is 1. The molecule has 0 saturated carbocycles. The molecular weight excluding hydrogens is 725 g/mol. The average Bonchev–Trinajstić information content (AvgIpc) is 3.03. The fourth-order valence-corrected chi connectivity index (χ4v) is 7.61. The quantitative estimate of drug-likeness (QED) is 0.153. The van der Waals surface area contributed by atoms with E-state index >= 15 is 0 Å². The van der Waals surface area contributed by atoms with Crippen LogP contribution in [0, 0.1) is 6.92 Å². The summed E-state index contributed by atoms with van der Waals surface area (Å²) in [5, 5.41) is 3.55. The molecule has 0 bridgehead atoms. The van der Waals surface area contributed by atoms with E-state index in [0.717, 1.165) is 15.4 Å². The van der Waals surface area contributed by atoms with Gasteiger partial charge in [-0.1, -0.05) is 77.3 Å². The molecule has 2 amide bonds. The van der Waals surface area contributed by atoms with E-state index in [9.17, 15) is 18.0 Å². The van der Waals surface area contributed by atoms with E-state index in [2.05, 4.69) is 21.2 Å². The predicted molar refractivity (Wildman–Crippen MR) is 191 cm³/mol. The van der Waals surface area contributed by atoms with Gasteiger partial charge < -0.3 is 15.0 Å². The van der Waals surface area contributed by atoms with Crippen LogP contribution in [-0.4, -0.2) is 50.9 Å². The first kappa shape index (κ1) is 36.3. The molecule has 1 atom stereocenters. The number of carbonyl (C=O) groups excluding carboxylic acids is 2. The van der Waals surface area contributed by atoms with Crippen LogP contribution in [0.4, 0.5) is 5.69 Å². The fraction of sp³-hybridized carbons (Fsp3) is 0.257. The van der Waals surface area contributed by atoms with E-state index in [0.29, 0.717) is 25.8 Å². The van der Waals surface area contributed by atoms with Crippen molar-refractivity contribution in [3.63, 3.8) is 0 Å². The molecule has 0 saturated heterocycles. The normalized spacial score (nSPS) is 12.0. The fourth-order valence-electron chi connectivity index (χ4n) is 4.96. The lowest BCUT2D eigenvalue weighted by Crippen LogP contribution is -2.54. The van der Waals surface area contributed by atoms with Crippen molar-refractivity contribution in [3.8, 4) is 5.75 Å². The molecule has 0 heterocycles. The van der Waals surface area contributed by atoms with Crippen molar-refractivity contribution in [1.82, 2.24) is 10.2 Å². The maximum atomic E-state index is 14.6. The molecule has 4 aromatic carbocycles. The molecule has 248 valence electrons. The third-order valence-electron chi connectivity index (χ3n) is 7.40. The van der Waals surface area contributed by atoms with Crippen molar-refractivity contribution in [1.29, 1.82) is 0 Å². The first-order valence-electron chi connectivity index (χ1n) is 14.8. The zero-order chi connectivity index (χ0) is 34.3. The van der Waals surface area contributed by atoms with Crippen LogP contribution in [0.15, 0.2) is 100 Å². The summed E-state index contributed by atoms with van der Waals surface area (Å²) in [5.74, 6) is -0.577. The Labute approximate surface area is 294 Å². The second-order valence-electron chi connectivity index (χ2n) is 11.2. The summed E-state index contributed by atoms with van der Waals surface area (Å²) in [6, 6.07) is 24.2. The predicted octanol–water partition coefficient (Wildman–Crippen LogP) is 7.43. The molecule has 8 nitrogen and oxygen atoms in total. The molecule has 12 heteroatoms. The van der Waals surface area contributed by atoms with Gasteiger partial charge in [0.25, 0.3) is 10.0 Å².